The van der Waals surface area contributed by atoms with Crippen LogP contribution in [0, 0.1) is 5.92 Å². The Bertz CT molecular complexity index is 401. The molecule has 0 aromatic heterocycles. The van der Waals surface area contributed by atoms with Crippen molar-refractivity contribution in [3.63, 3.8) is 0 Å². The fraction of sp³-hybridized carbons (Fsp3) is 0.812. The third-order valence-corrected chi connectivity index (χ3v) is 4.01. The topological polar surface area (TPSA) is 85.8 Å². The Balaban J connectivity index is 0.00000529. The van der Waals surface area contributed by atoms with Gasteiger partial charge >= 0.3 is 6.03 Å². The number of hydrogen-bond donors (Lipinski definition) is 3. The summed E-state index contributed by atoms with van der Waals surface area (Å²) in [5.74, 6) is 1.20. The number of urea groups is 1. The summed E-state index contributed by atoms with van der Waals surface area (Å²) in [7, 11) is 1.73. The number of unbranched alkanes of at least 4 members (excludes halogenated alkanes) is 1. The number of nitrogens with one attached hydrogen (secondary N) is 3. The maximum Gasteiger partial charge on any atom is 0.324 e. The first-order chi connectivity index (χ1) is 11.1. The van der Waals surface area contributed by atoms with Crippen molar-refractivity contribution in [3.05, 3.63) is 0 Å². The molecule has 0 bridgehead atoms. The van der Waals surface area contributed by atoms with E-state index in [-0.39, 0.29) is 42.5 Å². The van der Waals surface area contributed by atoms with Gasteiger partial charge in [-0.25, -0.2) is 4.79 Å². The Morgan fingerprint density at radius 3 is 2.54 bits per heavy atom. The third-order valence-electron chi connectivity index (χ3n) is 4.01. The smallest absolute Gasteiger partial charge is 0.324 e. The van der Waals surface area contributed by atoms with Crippen LogP contribution in [0.5, 0.6) is 0 Å². The van der Waals surface area contributed by atoms with Gasteiger partial charge in [-0.2, -0.15) is 0 Å². The molecular formula is C16H32IN5O2. The highest BCUT2D eigenvalue weighted by atomic mass is 127. The van der Waals surface area contributed by atoms with Gasteiger partial charge in [0.15, 0.2) is 5.96 Å². The normalized spacial score (nSPS) is 15.8. The number of amides is 3. The van der Waals surface area contributed by atoms with E-state index in [1.807, 2.05) is 0 Å². The maximum absolute atomic E-state index is 11.5. The first-order valence-corrected chi connectivity index (χ1v) is 8.65. The summed E-state index contributed by atoms with van der Waals surface area (Å²) in [6, 6.07) is -0.317. The monoisotopic (exact) mass is 453 g/mol. The molecular weight excluding hydrogens is 421 g/mol. The second-order valence-corrected chi connectivity index (χ2v) is 5.88. The van der Waals surface area contributed by atoms with Crippen LogP contribution in [0.4, 0.5) is 4.79 Å². The molecule has 1 aliphatic rings. The van der Waals surface area contributed by atoms with Crippen molar-refractivity contribution in [2.45, 2.75) is 46.0 Å². The van der Waals surface area contributed by atoms with Gasteiger partial charge in [0.2, 0.25) is 5.91 Å². The molecule has 0 saturated carbocycles. The third kappa shape index (κ3) is 8.16. The molecule has 140 valence electrons. The number of nitrogens with zero attached hydrogens (tertiary/aromatic N) is 2. The molecule has 1 unspecified atom stereocenters. The Morgan fingerprint density at radius 2 is 2.00 bits per heavy atom. The van der Waals surface area contributed by atoms with Crippen LogP contribution in [-0.4, -0.2) is 56.0 Å². The molecule has 3 N–H and O–H groups in total. The minimum atomic E-state index is -0.317. The zero-order valence-corrected chi connectivity index (χ0v) is 17.4. The standard InChI is InChI=1S/C16H31N5O2.HI/c1-4-6-8-13(7-5-2)11-19-15(17-3)18-9-10-21-14(22)12-20-16(21)23;/h13H,4-12H2,1-3H3,(H,20,23)(H2,17,18,19);1H. The first kappa shape index (κ1) is 22.9. The molecule has 1 saturated heterocycles. The van der Waals surface area contributed by atoms with Gasteiger partial charge in [0.25, 0.3) is 0 Å². The molecule has 1 fully saturated rings. The molecule has 1 aliphatic heterocycles. The van der Waals surface area contributed by atoms with Gasteiger partial charge < -0.3 is 16.0 Å². The van der Waals surface area contributed by atoms with E-state index < -0.39 is 0 Å². The fourth-order valence-electron chi connectivity index (χ4n) is 2.68. The van der Waals surface area contributed by atoms with Crippen LogP contribution < -0.4 is 16.0 Å². The van der Waals surface area contributed by atoms with Crippen molar-refractivity contribution >= 4 is 41.9 Å². The highest BCUT2D eigenvalue weighted by molar-refractivity contribution is 14.0. The molecule has 8 heteroatoms. The van der Waals surface area contributed by atoms with Crippen LogP contribution in [0.15, 0.2) is 4.99 Å². The molecule has 7 nitrogen and oxygen atoms in total. The van der Waals surface area contributed by atoms with E-state index in [0.29, 0.717) is 19.0 Å². The van der Waals surface area contributed by atoms with Crippen LogP contribution in [0.2, 0.25) is 0 Å². The lowest BCUT2D eigenvalue weighted by atomic mass is 9.97. The summed E-state index contributed by atoms with van der Waals surface area (Å²) < 4.78 is 0. The first-order valence-electron chi connectivity index (χ1n) is 8.65. The van der Waals surface area contributed by atoms with E-state index >= 15 is 0 Å². The van der Waals surface area contributed by atoms with E-state index in [1.165, 1.54) is 37.0 Å². The summed E-state index contributed by atoms with van der Waals surface area (Å²) >= 11 is 0. The lowest BCUT2D eigenvalue weighted by molar-refractivity contribution is -0.124. The second kappa shape index (κ2) is 13.3. The molecule has 1 rings (SSSR count). The van der Waals surface area contributed by atoms with E-state index in [2.05, 4.69) is 34.8 Å². The van der Waals surface area contributed by atoms with Gasteiger partial charge in [-0.1, -0.05) is 33.1 Å². The number of aliphatic imine (C=N–C) groups is 1. The second-order valence-electron chi connectivity index (χ2n) is 5.88. The molecule has 0 aromatic carbocycles. The average molecular weight is 453 g/mol. The quantitative estimate of drug-likeness (QED) is 0.204. The van der Waals surface area contributed by atoms with Crippen LogP contribution in [-0.2, 0) is 4.79 Å². The van der Waals surface area contributed by atoms with Gasteiger partial charge in [0.05, 0.1) is 6.54 Å². The molecule has 1 atom stereocenters. The molecule has 0 radical (unpaired) electrons. The Kier molecular flexibility index (Phi) is 12.7. The lowest BCUT2D eigenvalue weighted by Gasteiger charge is -2.19. The molecule has 0 aromatic rings. The summed E-state index contributed by atoms with van der Waals surface area (Å²) in [5, 5.41) is 9.01. The highest BCUT2D eigenvalue weighted by Crippen LogP contribution is 2.13. The maximum atomic E-state index is 11.5. The number of carbonyl (C=O) groups excluding carboxylic acids is 2. The van der Waals surface area contributed by atoms with E-state index in [9.17, 15) is 9.59 Å². The van der Waals surface area contributed by atoms with Crippen molar-refractivity contribution in [1.29, 1.82) is 0 Å². The van der Waals surface area contributed by atoms with Crippen molar-refractivity contribution in [2.75, 3.05) is 33.2 Å². The van der Waals surface area contributed by atoms with Gasteiger partial charge in [0, 0.05) is 26.7 Å². The zero-order chi connectivity index (χ0) is 17.1. The molecule has 0 spiro atoms. The lowest BCUT2D eigenvalue weighted by Crippen LogP contribution is -2.44. The van der Waals surface area contributed by atoms with Crippen molar-refractivity contribution in [3.8, 4) is 0 Å². The summed E-state index contributed by atoms with van der Waals surface area (Å²) in [6.45, 7) is 6.27. The number of imide groups is 1. The molecule has 24 heavy (non-hydrogen) atoms. The molecule has 1 heterocycles. The number of rotatable bonds is 10. The predicted molar refractivity (Wildman–Crippen MR) is 108 cm³/mol. The van der Waals surface area contributed by atoms with E-state index in [1.54, 1.807) is 7.05 Å². The fourth-order valence-corrected chi connectivity index (χ4v) is 2.68. The molecule has 0 aliphatic carbocycles. The molecule has 3 amide bonds. The number of carbonyl (C=O) groups is 2. The van der Waals surface area contributed by atoms with Crippen LogP contribution in [0.25, 0.3) is 0 Å². The van der Waals surface area contributed by atoms with E-state index in [0.717, 1.165) is 12.5 Å². The number of halogens is 1. The zero-order valence-electron chi connectivity index (χ0n) is 15.1. The Morgan fingerprint density at radius 1 is 1.25 bits per heavy atom. The van der Waals surface area contributed by atoms with Gasteiger partial charge in [-0.05, 0) is 18.8 Å². The van der Waals surface area contributed by atoms with Gasteiger partial charge in [0.1, 0.15) is 0 Å². The van der Waals surface area contributed by atoms with Crippen molar-refractivity contribution in [1.82, 2.24) is 20.9 Å². The van der Waals surface area contributed by atoms with Crippen LogP contribution in [0.3, 0.4) is 0 Å². The summed E-state index contributed by atoms with van der Waals surface area (Å²) in [5.41, 5.74) is 0. The van der Waals surface area contributed by atoms with Crippen molar-refractivity contribution < 1.29 is 9.59 Å². The van der Waals surface area contributed by atoms with Gasteiger partial charge in [-0.15, -0.1) is 24.0 Å². The minimum absolute atomic E-state index is 0. The number of guanidine groups is 1. The largest absolute Gasteiger partial charge is 0.356 e. The SMILES string of the molecule is CCCCC(CCC)CNC(=NC)NCCN1C(=O)CNC1=O.I. The van der Waals surface area contributed by atoms with Gasteiger partial charge in [-0.3, -0.25) is 14.7 Å². The van der Waals surface area contributed by atoms with Crippen LogP contribution in [0.1, 0.15) is 46.0 Å². The average Bonchev–Trinajstić information content (AvgIpc) is 2.87. The summed E-state index contributed by atoms with van der Waals surface area (Å²) in [6.07, 6.45) is 6.11. The Labute approximate surface area is 162 Å². The van der Waals surface area contributed by atoms with Crippen LogP contribution >= 0.6 is 24.0 Å². The van der Waals surface area contributed by atoms with Crippen molar-refractivity contribution in [2.24, 2.45) is 10.9 Å². The minimum Gasteiger partial charge on any atom is -0.356 e. The van der Waals surface area contributed by atoms with E-state index in [4.69, 9.17) is 0 Å². The highest BCUT2D eigenvalue weighted by Gasteiger charge is 2.27. The summed E-state index contributed by atoms with van der Waals surface area (Å²) in [4.78, 5) is 28.3. The predicted octanol–water partition coefficient (Wildman–Crippen LogP) is 1.93. The number of hydrogen-bond acceptors (Lipinski definition) is 3. The Hall–Kier alpha value is -1.06.